The first-order valence-corrected chi connectivity index (χ1v) is 14.1. The average molecular weight is 579 g/mol. The molecule has 0 radical (unpaired) electrons. The van der Waals surface area contributed by atoms with Gasteiger partial charge in [-0.2, -0.15) is 0 Å². The maximum absolute atomic E-state index is 13.6. The van der Waals surface area contributed by atoms with E-state index in [4.69, 9.17) is 39.5 Å². The van der Waals surface area contributed by atoms with Crippen molar-refractivity contribution < 1.29 is 22.7 Å². The standard InChI is InChI=1S/C24H30Cl3N3O5S/c1-6-15(2)28-24(32)16(3)29(13-17-8-7-9-18(10-17)35-4)23(31)14-30(36(5,33)34)22-12-20(26)19(25)11-21(22)27/h7-12,15-16H,6,13-14H2,1-5H3,(H,28,32)/t15-,16-/m0/s1. The molecule has 0 spiro atoms. The molecule has 0 aliphatic carbocycles. The zero-order valence-corrected chi connectivity index (χ0v) is 23.8. The first-order valence-electron chi connectivity index (χ1n) is 11.1. The Hall–Kier alpha value is -2.20. The molecule has 0 aliphatic heterocycles. The highest BCUT2D eigenvalue weighted by molar-refractivity contribution is 7.92. The molecule has 0 bridgehead atoms. The van der Waals surface area contributed by atoms with Gasteiger partial charge < -0.3 is 15.0 Å². The number of hydrogen-bond donors (Lipinski definition) is 1. The van der Waals surface area contributed by atoms with E-state index in [2.05, 4.69) is 5.32 Å². The number of carbonyl (C=O) groups is 2. The molecule has 2 aromatic rings. The first-order chi connectivity index (χ1) is 16.8. The van der Waals surface area contributed by atoms with Crippen LogP contribution in [0.3, 0.4) is 0 Å². The number of amides is 2. The molecule has 0 saturated heterocycles. The summed E-state index contributed by atoms with van der Waals surface area (Å²) in [5, 5.41) is 3.09. The molecule has 0 aliphatic rings. The molecule has 2 atom stereocenters. The van der Waals surface area contributed by atoms with E-state index in [1.54, 1.807) is 31.2 Å². The summed E-state index contributed by atoms with van der Waals surface area (Å²) < 4.78 is 31.5. The fourth-order valence-electron chi connectivity index (χ4n) is 3.31. The van der Waals surface area contributed by atoms with Gasteiger partial charge in [0, 0.05) is 12.6 Å². The summed E-state index contributed by atoms with van der Waals surface area (Å²) in [5.41, 5.74) is 0.698. The van der Waals surface area contributed by atoms with Gasteiger partial charge in [-0.25, -0.2) is 8.42 Å². The van der Waals surface area contributed by atoms with Crippen LogP contribution < -0.4 is 14.4 Å². The summed E-state index contributed by atoms with van der Waals surface area (Å²) in [6, 6.07) is 8.63. The monoisotopic (exact) mass is 577 g/mol. The van der Waals surface area contributed by atoms with Crippen molar-refractivity contribution in [2.24, 2.45) is 0 Å². The number of methoxy groups -OCH3 is 1. The van der Waals surface area contributed by atoms with E-state index < -0.39 is 28.5 Å². The van der Waals surface area contributed by atoms with Crippen LogP contribution in [0.15, 0.2) is 36.4 Å². The van der Waals surface area contributed by atoms with Crippen LogP contribution in [0.2, 0.25) is 15.1 Å². The Morgan fingerprint density at radius 2 is 1.69 bits per heavy atom. The second-order valence-electron chi connectivity index (χ2n) is 8.35. The number of anilines is 1. The van der Waals surface area contributed by atoms with Gasteiger partial charge in [-0.1, -0.05) is 53.9 Å². The van der Waals surface area contributed by atoms with E-state index in [0.29, 0.717) is 17.7 Å². The summed E-state index contributed by atoms with van der Waals surface area (Å²) in [5.74, 6) is -0.395. The molecule has 8 nitrogen and oxygen atoms in total. The fraction of sp³-hybridized carbons (Fsp3) is 0.417. The highest BCUT2D eigenvalue weighted by Gasteiger charge is 2.31. The molecule has 0 aromatic heterocycles. The third-order valence-electron chi connectivity index (χ3n) is 5.59. The van der Waals surface area contributed by atoms with Crippen molar-refractivity contribution in [2.45, 2.75) is 45.8 Å². The van der Waals surface area contributed by atoms with Crippen molar-refractivity contribution >= 4 is 62.3 Å². The summed E-state index contributed by atoms with van der Waals surface area (Å²) in [6.07, 6.45) is 1.66. The number of benzene rings is 2. The van der Waals surface area contributed by atoms with E-state index in [-0.39, 0.29) is 39.2 Å². The first kappa shape index (κ1) is 30.0. The van der Waals surface area contributed by atoms with Crippen LogP contribution in [-0.2, 0) is 26.2 Å². The number of nitrogens with one attached hydrogen (secondary N) is 1. The quantitative estimate of drug-likeness (QED) is 0.388. The van der Waals surface area contributed by atoms with Crippen LogP contribution in [0.5, 0.6) is 5.75 Å². The number of rotatable bonds is 11. The van der Waals surface area contributed by atoms with E-state index in [1.165, 1.54) is 24.1 Å². The molecule has 0 heterocycles. The second-order valence-corrected chi connectivity index (χ2v) is 11.5. The normalized spacial score (nSPS) is 13.0. The SMILES string of the molecule is CC[C@H](C)NC(=O)[C@H](C)N(Cc1cccc(OC)c1)C(=O)CN(c1cc(Cl)c(Cl)cc1Cl)S(C)(=O)=O. The smallest absolute Gasteiger partial charge is 0.244 e. The van der Waals surface area contributed by atoms with E-state index in [1.807, 2.05) is 13.8 Å². The molecule has 12 heteroatoms. The fourth-order valence-corrected chi connectivity index (χ4v) is 4.86. The Morgan fingerprint density at radius 3 is 2.28 bits per heavy atom. The van der Waals surface area contributed by atoms with E-state index >= 15 is 0 Å². The highest BCUT2D eigenvalue weighted by Crippen LogP contribution is 2.35. The maximum Gasteiger partial charge on any atom is 0.244 e. The molecular weight excluding hydrogens is 549 g/mol. The average Bonchev–Trinajstić information content (AvgIpc) is 2.82. The molecule has 0 fully saturated rings. The molecule has 1 N–H and O–H groups in total. The Kier molecular flexibility index (Phi) is 10.7. The third-order valence-corrected chi connectivity index (χ3v) is 7.74. The van der Waals surface area contributed by atoms with Gasteiger partial charge in [-0.05, 0) is 50.1 Å². The van der Waals surface area contributed by atoms with Gasteiger partial charge in [0.25, 0.3) is 0 Å². The lowest BCUT2D eigenvalue weighted by Gasteiger charge is -2.32. The van der Waals surface area contributed by atoms with Gasteiger partial charge in [-0.15, -0.1) is 0 Å². The molecule has 198 valence electrons. The van der Waals surface area contributed by atoms with Gasteiger partial charge in [0.15, 0.2) is 0 Å². The molecule has 2 aromatic carbocycles. The lowest BCUT2D eigenvalue weighted by atomic mass is 10.1. The molecule has 0 unspecified atom stereocenters. The predicted octanol–water partition coefficient (Wildman–Crippen LogP) is 4.75. The van der Waals surface area contributed by atoms with Crippen LogP contribution in [0.1, 0.15) is 32.8 Å². The highest BCUT2D eigenvalue weighted by atomic mass is 35.5. The van der Waals surface area contributed by atoms with Crippen molar-refractivity contribution in [1.29, 1.82) is 0 Å². The van der Waals surface area contributed by atoms with Gasteiger partial charge in [0.2, 0.25) is 21.8 Å². The Labute approximate surface area is 227 Å². The van der Waals surface area contributed by atoms with Gasteiger partial charge in [-0.3, -0.25) is 13.9 Å². The van der Waals surface area contributed by atoms with Crippen molar-refractivity contribution in [3.8, 4) is 5.75 Å². The molecule has 2 rings (SSSR count). The number of ether oxygens (including phenoxy) is 1. The summed E-state index contributed by atoms with van der Waals surface area (Å²) in [6.45, 7) is 4.81. The minimum absolute atomic E-state index is 0.0000400. The largest absolute Gasteiger partial charge is 0.497 e. The van der Waals surface area contributed by atoms with Crippen LogP contribution in [0.4, 0.5) is 5.69 Å². The van der Waals surface area contributed by atoms with Crippen molar-refractivity contribution in [1.82, 2.24) is 10.2 Å². The third kappa shape index (κ3) is 7.90. The van der Waals surface area contributed by atoms with Crippen LogP contribution in [0, 0.1) is 0 Å². The number of carbonyl (C=O) groups excluding carboxylic acids is 2. The second kappa shape index (κ2) is 12.9. The topological polar surface area (TPSA) is 96.0 Å². The lowest BCUT2D eigenvalue weighted by Crippen LogP contribution is -2.52. The van der Waals surface area contributed by atoms with Crippen molar-refractivity contribution in [3.63, 3.8) is 0 Å². The van der Waals surface area contributed by atoms with Crippen LogP contribution >= 0.6 is 34.8 Å². The van der Waals surface area contributed by atoms with Crippen molar-refractivity contribution in [3.05, 3.63) is 57.0 Å². The van der Waals surface area contributed by atoms with Gasteiger partial charge in [0.1, 0.15) is 18.3 Å². The Balaban J connectivity index is 2.47. The van der Waals surface area contributed by atoms with E-state index in [9.17, 15) is 18.0 Å². The van der Waals surface area contributed by atoms with Crippen LogP contribution in [-0.4, -0.2) is 57.1 Å². The number of nitrogens with zero attached hydrogens (tertiary/aromatic N) is 2. The predicted molar refractivity (Wildman–Crippen MR) is 145 cm³/mol. The zero-order chi connectivity index (χ0) is 27.2. The number of halogens is 3. The maximum atomic E-state index is 13.6. The molecular formula is C24H30Cl3N3O5S. The zero-order valence-electron chi connectivity index (χ0n) is 20.7. The van der Waals surface area contributed by atoms with Gasteiger partial charge >= 0.3 is 0 Å². The molecule has 2 amide bonds. The summed E-state index contributed by atoms with van der Waals surface area (Å²) >= 11 is 18.4. The number of hydrogen-bond acceptors (Lipinski definition) is 5. The minimum atomic E-state index is -3.97. The Bertz CT molecular complexity index is 1210. The summed E-state index contributed by atoms with van der Waals surface area (Å²) in [4.78, 5) is 27.9. The summed E-state index contributed by atoms with van der Waals surface area (Å²) in [7, 11) is -2.45. The molecule has 36 heavy (non-hydrogen) atoms. The van der Waals surface area contributed by atoms with Crippen LogP contribution in [0.25, 0.3) is 0 Å². The minimum Gasteiger partial charge on any atom is -0.497 e. The van der Waals surface area contributed by atoms with Gasteiger partial charge in [0.05, 0.1) is 34.1 Å². The van der Waals surface area contributed by atoms with E-state index in [0.717, 1.165) is 10.6 Å². The molecule has 0 saturated carbocycles. The van der Waals surface area contributed by atoms with Crippen molar-refractivity contribution in [2.75, 3.05) is 24.2 Å². The Morgan fingerprint density at radius 1 is 1.06 bits per heavy atom. The lowest BCUT2D eigenvalue weighted by molar-refractivity contribution is -0.139. The number of sulfonamides is 1.